The third-order valence-electron chi connectivity index (χ3n) is 3.37. The first-order valence-corrected chi connectivity index (χ1v) is 8.12. The van der Waals surface area contributed by atoms with Gasteiger partial charge in [0.2, 0.25) is 0 Å². The molecule has 1 amide bonds. The third kappa shape index (κ3) is 4.15. The summed E-state index contributed by atoms with van der Waals surface area (Å²) in [6, 6.07) is 5.48. The number of fused-ring (bicyclic) bond motifs is 1. The van der Waals surface area contributed by atoms with Crippen LogP contribution in [-0.2, 0) is 0 Å². The lowest BCUT2D eigenvalue weighted by Crippen LogP contribution is -2.35. The highest BCUT2D eigenvalue weighted by Gasteiger charge is 2.09. The highest BCUT2D eigenvalue weighted by Crippen LogP contribution is 2.24. The number of hydrogen-bond acceptors (Lipinski definition) is 5. The van der Waals surface area contributed by atoms with Crippen molar-refractivity contribution >= 4 is 32.6 Å². The molecule has 3 N–H and O–H groups in total. The average Bonchev–Trinajstić information content (AvgIpc) is 2.85. The monoisotopic (exact) mass is 306 g/mol. The van der Waals surface area contributed by atoms with Gasteiger partial charge < -0.3 is 16.0 Å². The lowest BCUT2D eigenvalue weighted by molar-refractivity contribution is 0.0949. The average molecular weight is 306 g/mol. The highest BCUT2D eigenvalue weighted by atomic mass is 32.1. The number of nitrogens with zero attached hydrogens (tertiary/aromatic N) is 2. The molecule has 5 nitrogen and oxygen atoms in total. The van der Waals surface area contributed by atoms with E-state index in [1.54, 1.807) is 6.07 Å². The maximum atomic E-state index is 12.1. The van der Waals surface area contributed by atoms with Crippen molar-refractivity contribution in [2.75, 3.05) is 31.9 Å². The van der Waals surface area contributed by atoms with E-state index in [4.69, 9.17) is 5.73 Å². The van der Waals surface area contributed by atoms with Crippen LogP contribution >= 0.6 is 11.3 Å². The number of nitrogens with two attached hydrogens (primary N) is 1. The zero-order valence-electron chi connectivity index (χ0n) is 12.6. The predicted octanol–water partition coefficient (Wildman–Crippen LogP) is 2.34. The normalized spacial score (nSPS) is 11.2. The third-order valence-corrected chi connectivity index (χ3v) is 4.22. The molecule has 0 saturated carbocycles. The standard InChI is InChI=1S/C15H22N4OS/c1-3-8-19(4-2)9-7-17-14(20)11-5-6-12-13(10-11)21-15(16)18-12/h5-6,10H,3-4,7-9H2,1-2H3,(H2,16,18)(H,17,20). The van der Waals surface area contributed by atoms with E-state index in [0.717, 1.165) is 36.3 Å². The summed E-state index contributed by atoms with van der Waals surface area (Å²) in [6.07, 6.45) is 1.13. The Morgan fingerprint density at radius 1 is 1.38 bits per heavy atom. The van der Waals surface area contributed by atoms with Gasteiger partial charge in [-0.05, 0) is 37.7 Å². The molecule has 0 aliphatic rings. The van der Waals surface area contributed by atoms with Gasteiger partial charge in [-0.1, -0.05) is 25.2 Å². The first-order chi connectivity index (χ1) is 10.1. The molecule has 1 heterocycles. The lowest BCUT2D eigenvalue weighted by Gasteiger charge is -2.19. The van der Waals surface area contributed by atoms with Crippen LogP contribution in [0, 0.1) is 0 Å². The Bertz CT molecular complexity index is 611. The number of amides is 1. The summed E-state index contributed by atoms with van der Waals surface area (Å²) in [7, 11) is 0. The van der Waals surface area contributed by atoms with Crippen LogP contribution in [0.1, 0.15) is 30.6 Å². The first-order valence-electron chi connectivity index (χ1n) is 7.30. The second kappa shape index (κ2) is 7.38. The molecule has 0 saturated heterocycles. The molecule has 0 bridgehead atoms. The van der Waals surface area contributed by atoms with Crippen LogP contribution < -0.4 is 11.1 Å². The number of carbonyl (C=O) groups excluding carboxylic acids is 1. The summed E-state index contributed by atoms with van der Waals surface area (Å²) in [5.41, 5.74) is 7.17. The SMILES string of the molecule is CCCN(CC)CCNC(=O)c1ccc2nc(N)sc2c1. The number of carbonyl (C=O) groups is 1. The van der Waals surface area contributed by atoms with Gasteiger partial charge in [0.05, 0.1) is 10.2 Å². The molecule has 0 fully saturated rings. The van der Waals surface area contributed by atoms with Crippen LogP contribution in [0.2, 0.25) is 0 Å². The first kappa shape index (κ1) is 15.7. The lowest BCUT2D eigenvalue weighted by atomic mass is 10.2. The minimum Gasteiger partial charge on any atom is -0.375 e. The fourth-order valence-electron chi connectivity index (χ4n) is 2.26. The molecule has 0 spiro atoms. The zero-order valence-corrected chi connectivity index (χ0v) is 13.4. The van der Waals surface area contributed by atoms with Crippen molar-refractivity contribution in [3.8, 4) is 0 Å². The van der Waals surface area contributed by atoms with Crippen molar-refractivity contribution in [3.05, 3.63) is 23.8 Å². The molecule has 1 aromatic heterocycles. The molecular weight excluding hydrogens is 284 g/mol. The Morgan fingerprint density at radius 2 is 2.19 bits per heavy atom. The molecule has 1 aromatic carbocycles. The van der Waals surface area contributed by atoms with E-state index in [1.165, 1.54) is 11.3 Å². The number of thiazole rings is 1. The molecule has 0 unspecified atom stereocenters. The highest BCUT2D eigenvalue weighted by molar-refractivity contribution is 7.22. The molecule has 2 rings (SSSR count). The number of rotatable bonds is 7. The maximum absolute atomic E-state index is 12.1. The smallest absolute Gasteiger partial charge is 0.251 e. The summed E-state index contributed by atoms with van der Waals surface area (Å²) in [5, 5.41) is 3.49. The van der Waals surface area contributed by atoms with Gasteiger partial charge >= 0.3 is 0 Å². The second-order valence-corrected chi connectivity index (χ2v) is 5.99. The Kier molecular flexibility index (Phi) is 5.52. The summed E-state index contributed by atoms with van der Waals surface area (Å²) >= 11 is 1.40. The van der Waals surface area contributed by atoms with E-state index in [9.17, 15) is 4.79 Å². The Labute approximate surface area is 129 Å². The molecular formula is C15H22N4OS. The van der Waals surface area contributed by atoms with Crippen molar-refractivity contribution in [2.45, 2.75) is 20.3 Å². The van der Waals surface area contributed by atoms with Crippen LogP contribution in [0.5, 0.6) is 0 Å². The van der Waals surface area contributed by atoms with Crippen molar-refractivity contribution in [1.29, 1.82) is 0 Å². The molecule has 0 aliphatic carbocycles. The van der Waals surface area contributed by atoms with E-state index in [0.29, 0.717) is 17.2 Å². The number of aromatic nitrogens is 1. The van der Waals surface area contributed by atoms with Crippen molar-refractivity contribution in [1.82, 2.24) is 15.2 Å². The van der Waals surface area contributed by atoms with E-state index in [-0.39, 0.29) is 5.91 Å². The van der Waals surface area contributed by atoms with E-state index >= 15 is 0 Å². The van der Waals surface area contributed by atoms with Gasteiger partial charge in [-0.2, -0.15) is 0 Å². The molecule has 0 atom stereocenters. The number of likely N-dealkylation sites (N-methyl/N-ethyl adjacent to an activating group) is 1. The fourth-order valence-corrected chi connectivity index (χ4v) is 3.03. The minimum atomic E-state index is -0.0450. The summed E-state index contributed by atoms with van der Waals surface area (Å²) in [4.78, 5) is 18.7. The van der Waals surface area contributed by atoms with Gasteiger partial charge in [-0.25, -0.2) is 4.98 Å². The Hall–Kier alpha value is -1.66. The minimum absolute atomic E-state index is 0.0450. The molecule has 0 aliphatic heterocycles. The van der Waals surface area contributed by atoms with Gasteiger partial charge in [0.15, 0.2) is 5.13 Å². The second-order valence-electron chi connectivity index (χ2n) is 4.92. The number of hydrogen-bond donors (Lipinski definition) is 2. The van der Waals surface area contributed by atoms with Gasteiger partial charge in [-0.15, -0.1) is 0 Å². The molecule has 114 valence electrons. The predicted molar refractivity (Wildman–Crippen MR) is 88.8 cm³/mol. The quantitative estimate of drug-likeness (QED) is 0.823. The number of benzene rings is 1. The summed E-state index contributed by atoms with van der Waals surface area (Å²) in [5.74, 6) is -0.0450. The zero-order chi connectivity index (χ0) is 15.2. The van der Waals surface area contributed by atoms with E-state index < -0.39 is 0 Å². The molecule has 0 radical (unpaired) electrons. The summed E-state index contributed by atoms with van der Waals surface area (Å²) < 4.78 is 0.946. The van der Waals surface area contributed by atoms with Gasteiger partial charge in [-0.3, -0.25) is 4.79 Å². The number of nitrogens with one attached hydrogen (secondary N) is 1. The van der Waals surface area contributed by atoms with Crippen LogP contribution in [0.25, 0.3) is 10.2 Å². The van der Waals surface area contributed by atoms with Crippen molar-refractivity contribution in [3.63, 3.8) is 0 Å². The maximum Gasteiger partial charge on any atom is 0.251 e. The fraction of sp³-hybridized carbons (Fsp3) is 0.467. The molecule has 6 heteroatoms. The van der Waals surface area contributed by atoms with Crippen molar-refractivity contribution in [2.24, 2.45) is 0 Å². The largest absolute Gasteiger partial charge is 0.375 e. The van der Waals surface area contributed by atoms with Gasteiger partial charge in [0.1, 0.15) is 0 Å². The topological polar surface area (TPSA) is 71.2 Å². The van der Waals surface area contributed by atoms with Crippen LogP contribution in [-0.4, -0.2) is 42.0 Å². The van der Waals surface area contributed by atoms with Crippen molar-refractivity contribution < 1.29 is 4.79 Å². The Balaban J connectivity index is 1.92. The van der Waals surface area contributed by atoms with Gasteiger partial charge in [0.25, 0.3) is 5.91 Å². The van der Waals surface area contributed by atoms with E-state index in [2.05, 4.69) is 29.0 Å². The molecule has 21 heavy (non-hydrogen) atoms. The Morgan fingerprint density at radius 3 is 2.90 bits per heavy atom. The van der Waals surface area contributed by atoms with Crippen LogP contribution in [0.4, 0.5) is 5.13 Å². The van der Waals surface area contributed by atoms with Crippen LogP contribution in [0.15, 0.2) is 18.2 Å². The van der Waals surface area contributed by atoms with E-state index in [1.807, 2.05) is 12.1 Å². The van der Waals surface area contributed by atoms with Gasteiger partial charge in [0, 0.05) is 18.7 Å². The molecule has 2 aromatic rings. The summed E-state index contributed by atoms with van der Waals surface area (Å²) in [6.45, 7) is 7.92. The number of anilines is 1. The van der Waals surface area contributed by atoms with Crippen LogP contribution in [0.3, 0.4) is 0 Å². The number of nitrogen functional groups attached to an aromatic ring is 1.